The van der Waals surface area contributed by atoms with Gasteiger partial charge in [0.2, 0.25) is 0 Å². The fourth-order valence-corrected chi connectivity index (χ4v) is 3.97. The van der Waals surface area contributed by atoms with Crippen LogP contribution in [0.25, 0.3) is 0 Å². The van der Waals surface area contributed by atoms with Gasteiger partial charge in [0, 0.05) is 13.1 Å². The lowest BCUT2D eigenvalue weighted by Crippen LogP contribution is -2.32. The van der Waals surface area contributed by atoms with Gasteiger partial charge in [-0.05, 0) is 18.9 Å². The molecule has 1 aromatic heterocycles. The van der Waals surface area contributed by atoms with Gasteiger partial charge >= 0.3 is 0 Å². The van der Waals surface area contributed by atoms with Crippen LogP contribution in [-0.2, 0) is 9.84 Å². The van der Waals surface area contributed by atoms with Crippen molar-refractivity contribution >= 4 is 44.7 Å². The molecule has 0 unspecified atom stereocenters. The van der Waals surface area contributed by atoms with Gasteiger partial charge in [-0.1, -0.05) is 23.2 Å². The Morgan fingerprint density at radius 2 is 1.79 bits per heavy atom. The summed E-state index contributed by atoms with van der Waals surface area (Å²) in [4.78, 5) is 4.29. The van der Waals surface area contributed by atoms with E-state index in [-0.39, 0.29) is 17.5 Å². The minimum Gasteiger partial charge on any atom is -0.372 e. The molecule has 0 spiro atoms. The minimum absolute atomic E-state index is 0.0689. The number of rotatable bonds is 3. The molecule has 0 radical (unpaired) electrons. The van der Waals surface area contributed by atoms with Gasteiger partial charge < -0.3 is 10.6 Å². The van der Waals surface area contributed by atoms with E-state index >= 15 is 0 Å². The van der Waals surface area contributed by atoms with Crippen molar-refractivity contribution in [2.75, 3.05) is 29.2 Å². The van der Waals surface area contributed by atoms with E-state index < -0.39 is 9.84 Å². The number of nitrogens with zero attached hydrogens (tertiary/aromatic N) is 1. The first kappa shape index (κ1) is 14.7. The maximum absolute atomic E-state index is 11.4. The predicted octanol–water partition coefficient (Wildman–Crippen LogP) is 2.42. The molecule has 0 aliphatic carbocycles. The average molecular weight is 324 g/mol. The summed E-state index contributed by atoms with van der Waals surface area (Å²) in [5.41, 5.74) is 0. The number of sulfone groups is 1. The van der Waals surface area contributed by atoms with Gasteiger partial charge in [0.05, 0.1) is 21.6 Å². The quantitative estimate of drug-likeness (QED) is 0.893. The highest BCUT2D eigenvalue weighted by atomic mass is 35.5. The predicted molar refractivity (Wildman–Crippen MR) is 79.1 cm³/mol. The van der Waals surface area contributed by atoms with Crippen molar-refractivity contribution in [1.29, 1.82) is 0 Å². The van der Waals surface area contributed by atoms with Gasteiger partial charge in [0.1, 0.15) is 21.5 Å². The Labute approximate surface area is 122 Å². The van der Waals surface area contributed by atoms with Gasteiger partial charge in [-0.3, -0.25) is 0 Å². The Morgan fingerprint density at radius 1 is 1.21 bits per heavy atom. The maximum atomic E-state index is 11.4. The van der Waals surface area contributed by atoms with E-state index in [9.17, 15) is 8.42 Å². The standard InChI is InChI=1S/C11H15Cl2N3O2S/c1-14-10-8(12)6-9(13)11(16-10)15-7-2-4-19(17,18)5-3-7/h6-7H,2-5H2,1H3,(H2,14,15,16). The van der Waals surface area contributed by atoms with Crippen molar-refractivity contribution in [3.05, 3.63) is 16.1 Å². The normalized spacial score (nSPS) is 19.1. The summed E-state index contributed by atoms with van der Waals surface area (Å²) >= 11 is 12.0. The number of hydrogen-bond acceptors (Lipinski definition) is 5. The monoisotopic (exact) mass is 323 g/mol. The minimum atomic E-state index is -2.86. The SMILES string of the molecule is CNc1nc(NC2CCS(=O)(=O)CC2)c(Cl)cc1Cl. The molecular formula is C11H15Cl2N3O2S. The lowest BCUT2D eigenvalue weighted by molar-refractivity contribution is 0.559. The molecule has 1 fully saturated rings. The molecular weight excluding hydrogens is 309 g/mol. The summed E-state index contributed by atoms with van der Waals surface area (Å²) in [6, 6.07) is 1.68. The van der Waals surface area contributed by atoms with E-state index in [2.05, 4.69) is 15.6 Å². The number of nitrogens with one attached hydrogen (secondary N) is 2. The summed E-state index contributed by atoms with van der Waals surface area (Å²) in [5.74, 6) is 1.47. The molecule has 106 valence electrons. The van der Waals surface area contributed by atoms with Crippen molar-refractivity contribution in [2.45, 2.75) is 18.9 Å². The second-order valence-electron chi connectivity index (χ2n) is 4.47. The third kappa shape index (κ3) is 3.64. The zero-order chi connectivity index (χ0) is 14.0. The molecule has 2 heterocycles. The van der Waals surface area contributed by atoms with Crippen molar-refractivity contribution in [2.24, 2.45) is 0 Å². The zero-order valence-corrected chi connectivity index (χ0v) is 12.7. The number of hydrogen-bond donors (Lipinski definition) is 2. The van der Waals surface area contributed by atoms with Crippen LogP contribution >= 0.6 is 23.2 Å². The molecule has 1 saturated heterocycles. The molecule has 19 heavy (non-hydrogen) atoms. The Balaban J connectivity index is 2.11. The lowest BCUT2D eigenvalue weighted by atomic mass is 10.1. The van der Waals surface area contributed by atoms with E-state index in [0.29, 0.717) is 34.5 Å². The molecule has 0 aromatic carbocycles. The molecule has 2 N–H and O–H groups in total. The Kier molecular flexibility index (Phi) is 4.43. The van der Waals surface area contributed by atoms with Gasteiger partial charge in [-0.25, -0.2) is 13.4 Å². The van der Waals surface area contributed by atoms with Crippen molar-refractivity contribution in [3.8, 4) is 0 Å². The summed E-state index contributed by atoms with van der Waals surface area (Å²) in [6.07, 6.45) is 1.13. The Hall–Kier alpha value is -0.720. The molecule has 1 aliphatic heterocycles. The van der Waals surface area contributed by atoms with E-state index in [1.54, 1.807) is 13.1 Å². The van der Waals surface area contributed by atoms with E-state index in [1.165, 1.54) is 0 Å². The van der Waals surface area contributed by atoms with E-state index in [1.807, 2.05) is 0 Å². The van der Waals surface area contributed by atoms with Gasteiger partial charge in [0.25, 0.3) is 0 Å². The van der Waals surface area contributed by atoms with Crippen LogP contribution in [0.4, 0.5) is 11.6 Å². The second kappa shape index (κ2) is 5.73. The van der Waals surface area contributed by atoms with E-state index in [0.717, 1.165) is 0 Å². The Morgan fingerprint density at radius 3 is 2.37 bits per heavy atom. The lowest BCUT2D eigenvalue weighted by Gasteiger charge is -2.24. The van der Waals surface area contributed by atoms with Gasteiger partial charge in [0.15, 0.2) is 0 Å². The first-order valence-electron chi connectivity index (χ1n) is 5.92. The average Bonchev–Trinajstić information content (AvgIpc) is 2.35. The first-order valence-corrected chi connectivity index (χ1v) is 8.50. The van der Waals surface area contributed by atoms with Gasteiger partial charge in [-0.2, -0.15) is 0 Å². The van der Waals surface area contributed by atoms with Crippen LogP contribution in [0.5, 0.6) is 0 Å². The van der Waals surface area contributed by atoms with Crippen LogP contribution < -0.4 is 10.6 Å². The maximum Gasteiger partial charge on any atom is 0.150 e. The van der Waals surface area contributed by atoms with Crippen molar-refractivity contribution in [3.63, 3.8) is 0 Å². The fraction of sp³-hybridized carbons (Fsp3) is 0.545. The Bertz CT molecular complexity index is 564. The molecule has 0 atom stereocenters. The second-order valence-corrected chi connectivity index (χ2v) is 7.59. The first-order chi connectivity index (χ1) is 8.91. The summed E-state index contributed by atoms with van der Waals surface area (Å²) in [5, 5.41) is 6.93. The van der Waals surface area contributed by atoms with Gasteiger partial charge in [-0.15, -0.1) is 0 Å². The van der Waals surface area contributed by atoms with Crippen LogP contribution in [0, 0.1) is 0 Å². The molecule has 1 aromatic rings. The largest absolute Gasteiger partial charge is 0.372 e. The zero-order valence-electron chi connectivity index (χ0n) is 10.4. The molecule has 0 saturated carbocycles. The highest BCUT2D eigenvalue weighted by Crippen LogP contribution is 2.30. The van der Waals surface area contributed by atoms with Crippen LogP contribution in [0.2, 0.25) is 10.0 Å². The summed E-state index contributed by atoms with van der Waals surface area (Å²) < 4.78 is 22.7. The third-order valence-electron chi connectivity index (χ3n) is 3.06. The number of halogens is 2. The number of aromatic nitrogens is 1. The molecule has 0 amide bonds. The molecule has 0 bridgehead atoms. The van der Waals surface area contributed by atoms with E-state index in [4.69, 9.17) is 23.2 Å². The van der Waals surface area contributed by atoms with Crippen LogP contribution in [0.1, 0.15) is 12.8 Å². The van der Waals surface area contributed by atoms with Crippen molar-refractivity contribution in [1.82, 2.24) is 4.98 Å². The van der Waals surface area contributed by atoms with Crippen molar-refractivity contribution < 1.29 is 8.42 Å². The smallest absolute Gasteiger partial charge is 0.150 e. The molecule has 1 aliphatic rings. The molecule has 8 heteroatoms. The molecule has 5 nitrogen and oxygen atoms in total. The summed E-state index contributed by atoms with van der Waals surface area (Å²) in [7, 11) is -1.14. The van der Waals surface area contributed by atoms with Crippen LogP contribution in [-0.4, -0.2) is 38.0 Å². The third-order valence-corrected chi connectivity index (χ3v) is 5.35. The topological polar surface area (TPSA) is 71.1 Å². The summed E-state index contributed by atoms with van der Waals surface area (Å²) in [6.45, 7) is 0. The molecule has 2 rings (SSSR count). The number of pyridine rings is 1. The number of anilines is 2. The highest BCUT2D eigenvalue weighted by molar-refractivity contribution is 7.91. The van der Waals surface area contributed by atoms with Crippen LogP contribution in [0.15, 0.2) is 6.07 Å². The van der Waals surface area contributed by atoms with Crippen LogP contribution in [0.3, 0.4) is 0 Å². The highest BCUT2D eigenvalue weighted by Gasteiger charge is 2.24. The fourth-order valence-electron chi connectivity index (χ4n) is 1.97.